The van der Waals surface area contributed by atoms with Crippen LogP contribution in [0.3, 0.4) is 0 Å². The van der Waals surface area contributed by atoms with Crippen LogP contribution in [0.4, 0.5) is 0 Å². The van der Waals surface area contributed by atoms with E-state index in [0.717, 1.165) is 0 Å². The third kappa shape index (κ3) is 6.17. The van der Waals surface area contributed by atoms with Gasteiger partial charge in [-0.05, 0) is 37.0 Å². The van der Waals surface area contributed by atoms with E-state index in [2.05, 4.69) is 85.0 Å². The number of allylic oxidation sites excluding steroid dienone is 4. The molecule has 0 aromatic heterocycles. The van der Waals surface area contributed by atoms with Gasteiger partial charge in [-0.2, -0.15) is 0 Å². The Hall–Kier alpha value is -0.447. The van der Waals surface area contributed by atoms with Crippen LogP contribution >= 0.6 is 20.3 Å². The SMILES string of the molecule is C1=CCC(P(c2ccccc2)c2ccccc2)CC=C1.Cl.[Cl-].[Ru+]. The van der Waals surface area contributed by atoms with Crippen LogP contribution in [0.5, 0.6) is 0 Å². The molecule has 2 aromatic carbocycles. The summed E-state index contributed by atoms with van der Waals surface area (Å²) in [5.74, 6) is 0. The van der Waals surface area contributed by atoms with E-state index in [-0.39, 0.29) is 52.2 Å². The molecule has 3 rings (SSSR count). The Morgan fingerprint density at radius 2 is 1.09 bits per heavy atom. The van der Waals surface area contributed by atoms with Crippen molar-refractivity contribution in [2.75, 3.05) is 0 Å². The first-order valence-electron chi connectivity index (χ1n) is 7.16. The monoisotopic (exact) mass is 451 g/mol. The fourth-order valence-electron chi connectivity index (χ4n) is 2.68. The molecule has 0 heterocycles. The molecule has 1 radical (unpaired) electrons. The summed E-state index contributed by atoms with van der Waals surface area (Å²) >= 11 is 0. The van der Waals surface area contributed by atoms with Crippen molar-refractivity contribution in [3.05, 3.63) is 85.0 Å². The van der Waals surface area contributed by atoms with Crippen LogP contribution in [-0.4, -0.2) is 5.66 Å². The zero-order chi connectivity index (χ0) is 13.6. The molecule has 0 atom stereocenters. The van der Waals surface area contributed by atoms with Gasteiger partial charge in [0, 0.05) is 0 Å². The van der Waals surface area contributed by atoms with Crippen LogP contribution in [0.25, 0.3) is 0 Å². The van der Waals surface area contributed by atoms with Crippen molar-refractivity contribution in [2.45, 2.75) is 18.5 Å². The second kappa shape index (κ2) is 12.0. The van der Waals surface area contributed by atoms with Crippen molar-refractivity contribution in [3.63, 3.8) is 0 Å². The largest absolute Gasteiger partial charge is 1.00 e. The standard InChI is InChI=1S/C19H19P.2ClH.Ru/c1-2-6-12-17(11-5-1)20(18-13-7-3-8-14-18)19-15-9-4-10-16-19;;;/h1-10,13-17H,11-12H2;2*1H;/q;;;+1/p-1. The van der Waals surface area contributed by atoms with Gasteiger partial charge in [-0.1, -0.05) is 85.0 Å². The van der Waals surface area contributed by atoms with Crippen LogP contribution in [0.2, 0.25) is 0 Å². The molecule has 0 spiro atoms. The van der Waals surface area contributed by atoms with Crippen molar-refractivity contribution in [2.24, 2.45) is 0 Å². The van der Waals surface area contributed by atoms with E-state index in [1.165, 1.54) is 23.5 Å². The van der Waals surface area contributed by atoms with Gasteiger partial charge in [0.05, 0.1) is 0 Å². The number of rotatable bonds is 3. The molecule has 2 aromatic rings. The Balaban J connectivity index is 0.00000161. The average molecular weight is 451 g/mol. The molecule has 0 unspecified atom stereocenters. The summed E-state index contributed by atoms with van der Waals surface area (Å²) in [6.07, 6.45) is 11.3. The quantitative estimate of drug-likeness (QED) is 0.494. The van der Waals surface area contributed by atoms with E-state index in [9.17, 15) is 0 Å². The van der Waals surface area contributed by atoms with Gasteiger partial charge in [-0.25, -0.2) is 0 Å². The molecule has 1 aliphatic carbocycles. The Morgan fingerprint density at radius 1 is 0.696 bits per heavy atom. The Kier molecular flexibility index (Phi) is 11.8. The molecular formula is C19H20Cl2PRu. The van der Waals surface area contributed by atoms with E-state index in [1.54, 1.807) is 0 Å². The van der Waals surface area contributed by atoms with Gasteiger partial charge in [-0.3, -0.25) is 0 Å². The molecule has 4 heteroatoms. The molecule has 23 heavy (non-hydrogen) atoms. The topological polar surface area (TPSA) is 0 Å². The van der Waals surface area contributed by atoms with Crippen LogP contribution in [-0.2, 0) is 19.5 Å². The zero-order valence-electron chi connectivity index (χ0n) is 12.7. The second-order valence-electron chi connectivity index (χ2n) is 5.02. The van der Waals surface area contributed by atoms with E-state index in [0.29, 0.717) is 5.66 Å². The first-order chi connectivity index (χ1) is 9.95. The van der Waals surface area contributed by atoms with Gasteiger partial charge in [0.2, 0.25) is 0 Å². The van der Waals surface area contributed by atoms with E-state index < -0.39 is 0 Å². The van der Waals surface area contributed by atoms with E-state index in [1.807, 2.05) is 0 Å². The van der Waals surface area contributed by atoms with Gasteiger partial charge in [0.15, 0.2) is 0 Å². The maximum Gasteiger partial charge on any atom is 1.00 e. The summed E-state index contributed by atoms with van der Waals surface area (Å²) in [5.41, 5.74) is 0.699. The van der Waals surface area contributed by atoms with E-state index in [4.69, 9.17) is 0 Å². The maximum absolute atomic E-state index is 2.31. The average Bonchev–Trinajstić information content (AvgIpc) is 2.79. The molecule has 0 saturated carbocycles. The van der Waals surface area contributed by atoms with Crippen molar-refractivity contribution >= 4 is 30.9 Å². The van der Waals surface area contributed by atoms with Crippen molar-refractivity contribution < 1.29 is 31.9 Å². The third-order valence-corrected chi connectivity index (χ3v) is 6.49. The fraction of sp³-hybridized carbons (Fsp3) is 0.158. The molecule has 0 aliphatic heterocycles. The van der Waals surface area contributed by atoms with E-state index >= 15 is 0 Å². The molecule has 0 N–H and O–H groups in total. The minimum atomic E-state index is -0.289. The molecule has 0 saturated heterocycles. The molecule has 0 nitrogen and oxygen atoms in total. The van der Waals surface area contributed by atoms with Crippen LogP contribution in [0, 0.1) is 0 Å². The Labute approximate surface area is 165 Å². The number of benzene rings is 2. The molecular weight excluding hydrogens is 431 g/mol. The van der Waals surface area contributed by atoms with Crippen molar-refractivity contribution in [3.8, 4) is 0 Å². The smallest absolute Gasteiger partial charge is 1.00 e. The van der Waals surface area contributed by atoms with Crippen molar-refractivity contribution in [1.82, 2.24) is 0 Å². The van der Waals surface area contributed by atoms with Crippen LogP contribution in [0.1, 0.15) is 12.8 Å². The molecule has 0 fully saturated rings. The zero-order valence-corrected chi connectivity index (χ0v) is 16.9. The Bertz CT molecular complexity index is 546. The number of hydrogen-bond donors (Lipinski definition) is 0. The first-order valence-corrected chi connectivity index (χ1v) is 8.57. The molecule has 0 bridgehead atoms. The van der Waals surface area contributed by atoms with Crippen LogP contribution < -0.4 is 23.0 Å². The number of halogens is 2. The van der Waals surface area contributed by atoms with Crippen molar-refractivity contribution in [1.29, 1.82) is 0 Å². The minimum Gasteiger partial charge on any atom is -1.00 e. The summed E-state index contributed by atoms with van der Waals surface area (Å²) in [6, 6.07) is 22.0. The molecule has 1 aliphatic rings. The minimum absolute atomic E-state index is 0. The normalized spacial score (nSPS) is 13.4. The van der Waals surface area contributed by atoms with Gasteiger partial charge < -0.3 is 12.4 Å². The summed E-state index contributed by atoms with van der Waals surface area (Å²) in [7, 11) is -0.289. The van der Waals surface area contributed by atoms with Gasteiger partial charge in [0.1, 0.15) is 0 Å². The third-order valence-electron chi connectivity index (χ3n) is 3.63. The fourth-order valence-corrected chi connectivity index (χ4v) is 5.48. The number of hydrogen-bond acceptors (Lipinski definition) is 0. The summed E-state index contributed by atoms with van der Waals surface area (Å²) in [5, 5.41) is 2.98. The first kappa shape index (κ1) is 22.6. The van der Waals surface area contributed by atoms with Crippen LogP contribution in [0.15, 0.2) is 85.0 Å². The molecule has 0 amide bonds. The van der Waals surface area contributed by atoms with Gasteiger partial charge in [0.25, 0.3) is 0 Å². The maximum atomic E-state index is 2.31. The van der Waals surface area contributed by atoms with Gasteiger partial charge >= 0.3 is 19.5 Å². The second-order valence-corrected chi connectivity index (χ2v) is 7.53. The Morgan fingerprint density at radius 3 is 1.48 bits per heavy atom. The van der Waals surface area contributed by atoms with Gasteiger partial charge in [-0.15, -0.1) is 12.4 Å². The predicted octanol–water partition coefficient (Wildman–Crippen LogP) is 1.82. The summed E-state index contributed by atoms with van der Waals surface area (Å²) in [4.78, 5) is 0. The summed E-state index contributed by atoms with van der Waals surface area (Å²) < 4.78 is 0. The molecule has 123 valence electrons. The summed E-state index contributed by atoms with van der Waals surface area (Å²) in [6.45, 7) is 0. The predicted molar refractivity (Wildman–Crippen MR) is 97.6 cm³/mol.